The molecule has 0 N–H and O–H groups in total. The largest absolute Gasteiger partial charge is 0.455 e. The lowest BCUT2D eigenvalue weighted by Gasteiger charge is -2.31. The molecule has 2 aliphatic carbocycles. The van der Waals surface area contributed by atoms with Gasteiger partial charge in [-0.2, -0.15) is 0 Å². The molecule has 0 saturated carbocycles. The summed E-state index contributed by atoms with van der Waals surface area (Å²) in [6, 6.07) is 83.6. The number of nitrogens with zero attached hydrogens (tertiary/aromatic N) is 1. The van der Waals surface area contributed by atoms with Gasteiger partial charge in [0.15, 0.2) is 0 Å². The Kier molecular flexibility index (Phi) is 11.1. The van der Waals surface area contributed by atoms with Crippen molar-refractivity contribution in [2.45, 2.75) is 90.9 Å². The predicted molar refractivity (Wildman–Crippen MR) is 350 cm³/mol. The third-order valence-electron chi connectivity index (χ3n) is 18.6. The third-order valence-corrected chi connectivity index (χ3v) is 18.6. The highest BCUT2D eigenvalue weighted by Gasteiger charge is 2.42. The van der Waals surface area contributed by atoms with Crippen LogP contribution in [0.25, 0.3) is 111 Å². The maximum atomic E-state index is 6.97. The van der Waals surface area contributed by atoms with Gasteiger partial charge in [-0.15, -0.1) is 0 Å². The third kappa shape index (κ3) is 7.84. The van der Waals surface area contributed by atoms with Gasteiger partial charge in [-0.05, 0) is 155 Å². The van der Waals surface area contributed by atoms with Crippen molar-refractivity contribution in [1.82, 2.24) is 0 Å². The smallest absolute Gasteiger partial charge is 0.143 e. The van der Waals surface area contributed by atoms with Crippen LogP contribution >= 0.6 is 0 Å². The Balaban J connectivity index is 0.952. The minimum atomic E-state index is -0.372. The lowest BCUT2D eigenvalue weighted by molar-refractivity contribution is 0.590. The molecular weight excluding hydrogens is 1010 g/mol. The van der Waals surface area contributed by atoms with E-state index in [2.05, 4.69) is 299 Å². The topological polar surface area (TPSA) is 29.5 Å². The number of benzene rings is 11. The van der Waals surface area contributed by atoms with Crippen molar-refractivity contribution >= 4 is 60.9 Å². The van der Waals surface area contributed by atoms with E-state index in [4.69, 9.17) is 8.83 Å². The van der Waals surface area contributed by atoms with Gasteiger partial charge >= 0.3 is 0 Å². The first-order valence-corrected chi connectivity index (χ1v) is 29.5. The van der Waals surface area contributed by atoms with Crippen LogP contribution < -0.4 is 4.90 Å². The molecule has 3 nitrogen and oxygen atoms in total. The summed E-state index contributed by atoms with van der Waals surface area (Å²) in [6.07, 6.45) is 0. The summed E-state index contributed by atoms with van der Waals surface area (Å²) >= 11 is 0. The molecule has 2 aliphatic rings. The van der Waals surface area contributed by atoms with E-state index in [0.29, 0.717) is 0 Å². The number of hydrogen-bond donors (Lipinski definition) is 0. The van der Waals surface area contributed by atoms with Crippen LogP contribution in [0.5, 0.6) is 0 Å². The average molecular weight is 1070 g/mol. The molecule has 15 rings (SSSR count). The number of furan rings is 2. The van der Waals surface area contributed by atoms with Gasteiger partial charge in [0.2, 0.25) is 0 Å². The number of hydrogen-bond acceptors (Lipinski definition) is 3. The van der Waals surface area contributed by atoms with Crippen molar-refractivity contribution < 1.29 is 8.83 Å². The molecule has 0 aliphatic heterocycles. The standard InChI is InChI=1S/C80H67NO2/c1-77(2,3)53-34-29-50(30-35-53)62-46-66-71(73-59-25-17-19-27-69(59)82-75(62)73)57-40-38-55(44-64(57)79(66,7)8)81(68-42-33-52(48-21-13-11-14-22-48)43-61(68)49-23-15-12-16-24-49)56-39-41-58-65(45-56)80(9,10)67-47-63(51-31-36-54(37-32-51)78(4,5)6)76-74(72(58)67)60-26-18-20-28-70(60)83-76/h11-47H,1-10H3. The van der Waals surface area contributed by atoms with Crippen LogP contribution in [0, 0.1) is 0 Å². The van der Waals surface area contributed by atoms with Crippen molar-refractivity contribution in [3.63, 3.8) is 0 Å². The predicted octanol–water partition coefficient (Wildman–Crippen LogP) is 22.8. The number of anilines is 3. The van der Waals surface area contributed by atoms with E-state index < -0.39 is 0 Å². The average Bonchev–Trinajstić information content (AvgIpc) is 2.44. The minimum Gasteiger partial charge on any atom is -0.455 e. The van der Waals surface area contributed by atoms with E-state index in [1.807, 2.05) is 0 Å². The highest BCUT2D eigenvalue weighted by atomic mass is 16.3. The lowest BCUT2D eigenvalue weighted by atomic mass is 9.80. The van der Waals surface area contributed by atoms with Gasteiger partial charge in [0.25, 0.3) is 0 Å². The van der Waals surface area contributed by atoms with Crippen LogP contribution in [0.4, 0.5) is 17.1 Å². The first-order valence-electron chi connectivity index (χ1n) is 29.5. The van der Waals surface area contributed by atoms with Crippen molar-refractivity contribution in [2.24, 2.45) is 0 Å². The van der Waals surface area contributed by atoms with Crippen LogP contribution in [-0.4, -0.2) is 0 Å². The Hall–Kier alpha value is -9.18. The van der Waals surface area contributed by atoms with E-state index >= 15 is 0 Å². The maximum absolute atomic E-state index is 6.97. The fourth-order valence-electron chi connectivity index (χ4n) is 14.0. The first-order chi connectivity index (χ1) is 39.9. The highest BCUT2D eigenvalue weighted by molar-refractivity contribution is 6.20. The Morgan fingerprint density at radius 3 is 1.17 bits per heavy atom. The Labute approximate surface area is 487 Å². The van der Waals surface area contributed by atoms with Gasteiger partial charge < -0.3 is 13.7 Å². The first kappa shape index (κ1) is 50.8. The molecule has 3 heteroatoms. The summed E-state index contributed by atoms with van der Waals surface area (Å²) in [5, 5.41) is 4.63. The monoisotopic (exact) mass is 1070 g/mol. The van der Waals surface area contributed by atoms with Gasteiger partial charge in [-0.3, -0.25) is 0 Å². The zero-order valence-corrected chi connectivity index (χ0v) is 49.1. The lowest BCUT2D eigenvalue weighted by Crippen LogP contribution is -2.18. The summed E-state index contributed by atoms with van der Waals surface area (Å²) in [6.45, 7) is 23.3. The van der Waals surface area contributed by atoms with E-state index in [1.54, 1.807) is 0 Å². The van der Waals surface area contributed by atoms with Gasteiger partial charge in [0, 0.05) is 60.4 Å². The molecule has 0 saturated heterocycles. The van der Waals surface area contributed by atoms with Gasteiger partial charge in [-0.25, -0.2) is 0 Å². The quantitative estimate of drug-likeness (QED) is 0.159. The molecule has 404 valence electrons. The normalized spacial score (nSPS) is 14.1. The molecule has 0 spiro atoms. The highest BCUT2D eigenvalue weighted by Crippen LogP contribution is 2.59. The van der Waals surface area contributed by atoms with E-state index in [0.717, 1.165) is 83.5 Å². The Morgan fingerprint density at radius 1 is 0.325 bits per heavy atom. The van der Waals surface area contributed by atoms with Crippen LogP contribution in [0.3, 0.4) is 0 Å². The van der Waals surface area contributed by atoms with Crippen molar-refractivity contribution in [3.05, 3.63) is 258 Å². The molecular formula is C80H67NO2. The number of rotatable bonds is 7. The van der Waals surface area contributed by atoms with Crippen LogP contribution in [0.15, 0.2) is 233 Å². The molecule has 11 aromatic carbocycles. The maximum Gasteiger partial charge on any atom is 0.143 e. The van der Waals surface area contributed by atoms with Gasteiger partial charge in [-0.1, -0.05) is 233 Å². The van der Waals surface area contributed by atoms with Crippen molar-refractivity contribution in [2.75, 3.05) is 4.90 Å². The van der Waals surface area contributed by atoms with E-state index in [9.17, 15) is 0 Å². The molecule has 2 aromatic heterocycles. The minimum absolute atomic E-state index is 0.0410. The van der Waals surface area contributed by atoms with Crippen LogP contribution in [0.1, 0.15) is 103 Å². The van der Waals surface area contributed by atoms with Gasteiger partial charge in [0.05, 0.1) is 5.69 Å². The number of para-hydroxylation sites is 2. The fraction of sp³-hybridized carbons (Fsp3) is 0.175. The van der Waals surface area contributed by atoms with Crippen LogP contribution in [-0.2, 0) is 21.7 Å². The molecule has 13 aromatic rings. The molecule has 0 amide bonds. The second-order valence-corrected chi connectivity index (χ2v) is 26.5. The zero-order chi connectivity index (χ0) is 56.9. The molecule has 0 fully saturated rings. The summed E-state index contributed by atoms with van der Waals surface area (Å²) in [4.78, 5) is 2.53. The molecule has 0 unspecified atom stereocenters. The van der Waals surface area contributed by atoms with E-state index in [1.165, 1.54) is 77.5 Å². The number of fused-ring (bicyclic) bond motifs is 14. The summed E-state index contributed by atoms with van der Waals surface area (Å²) in [5.41, 5.74) is 28.3. The molecule has 0 atom stereocenters. The fourth-order valence-corrected chi connectivity index (χ4v) is 14.0. The molecule has 2 heterocycles. The summed E-state index contributed by atoms with van der Waals surface area (Å²) < 4.78 is 13.9. The van der Waals surface area contributed by atoms with Crippen molar-refractivity contribution in [3.8, 4) is 66.8 Å². The SMILES string of the molecule is CC(C)(C)c1ccc(-c2cc3c(c4c2oc2ccccc24)-c2ccc(N(c4ccc5c(c4)C(C)(C)c4cc(-c6ccc(C(C)(C)C)cc6)c6oc7ccccc7c6c4-5)c4ccc(-c5ccccc5)cc4-c4ccccc4)cc2C3(C)C)cc1. The molecule has 0 bridgehead atoms. The van der Waals surface area contributed by atoms with Crippen LogP contribution in [0.2, 0.25) is 0 Å². The zero-order valence-electron chi connectivity index (χ0n) is 49.1. The van der Waals surface area contributed by atoms with Crippen molar-refractivity contribution in [1.29, 1.82) is 0 Å². The molecule has 83 heavy (non-hydrogen) atoms. The van der Waals surface area contributed by atoms with Gasteiger partial charge in [0.1, 0.15) is 22.3 Å². The summed E-state index contributed by atoms with van der Waals surface area (Å²) in [5.74, 6) is 0. The molecule has 0 radical (unpaired) electrons. The Bertz CT molecular complexity index is 4520. The Morgan fingerprint density at radius 2 is 0.723 bits per heavy atom. The second kappa shape index (κ2) is 18.2. The van der Waals surface area contributed by atoms with E-state index in [-0.39, 0.29) is 21.7 Å². The second-order valence-electron chi connectivity index (χ2n) is 26.5. The summed E-state index contributed by atoms with van der Waals surface area (Å²) in [7, 11) is 0.